The molecule has 1 heterocycles. The van der Waals surface area contributed by atoms with Crippen LogP contribution in [-0.2, 0) is 19.4 Å². The summed E-state index contributed by atoms with van der Waals surface area (Å²) in [7, 11) is -3.36. The first-order valence-corrected chi connectivity index (χ1v) is 10.5. The molecule has 1 unspecified atom stereocenters. The highest BCUT2D eigenvalue weighted by atomic mass is 32.2. The normalized spacial score (nSPS) is 16.5. The predicted molar refractivity (Wildman–Crippen MR) is 101 cm³/mol. The van der Waals surface area contributed by atoms with Gasteiger partial charge in [0.15, 0.2) is 21.5 Å². The van der Waals surface area contributed by atoms with E-state index in [1.807, 2.05) is 0 Å². The van der Waals surface area contributed by atoms with Crippen LogP contribution < -0.4 is 4.74 Å². The first-order valence-electron chi connectivity index (χ1n) is 8.62. The molecule has 5 nitrogen and oxygen atoms in total. The molecule has 1 aliphatic heterocycles. The van der Waals surface area contributed by atoms with Gasteiger partial charge in [0.25, 0.3) is 0 Å². The number of hydrogen-bond acceptors (Lipinski definition) is 5. The number of esters is 1. The summed E-state index contributed by atoms with van der Waals surface area (Å²) in [4.78, 5) is 12.2. The number of rotatable bonds is 4. The molecule has 0 saturated heterocycles. The summed E-state index contributed by atoms with van der Waals surface area (Å²) in [5, 5.41) is 0. The number of cyclic esters (lactones) is 1. The third kappa shape index (κ3) is 6.78. The quantitative estimate of drug-likeness (QED) is 0.486. The molecular formula is C20H17F5O5S. The lowest BCUT2D eigenvalue weighted by Gasteiger charge is -2.10. The maximum atomic E-state index is 13.4. The van der Waals surface area contributed by atoms with Crippen LogP contribution in [0.15, 0.2) is 53.1 Å². The monoisotopic (exact) mass is 464 g/mol. The van der Waals surface area contributed by atoms with Crippen LogP contribution in [0.4, 0.5) is 22.0 Å². The molecule has 31 heavy (non-hydrogen) atoms. The zero-order chi connectivity index (χ0) is 23.6. The molecule has 1 atom stereocenters. The maximum Gasteiger partial charge on any atom is 0.386 e. The summed E-state index contributed by atoms with van der Waals surface area (Å²) < 4.78 is 91.2. The van der Waals surface area contributed by atoms with Crippen molar-refractivity contribution in [3.63, 3.8) is 0 Å². The Hall–Kier alpha value is -2.95. The first-order chi connectivity index (χ1) is 14.2. The van der Waals surface area contributed by atoms with Gasteiger partial charge in [-0.2, -0.15) is 13.2 Å². The van der Waals surface area contributed by atoms with Gasteiger partial charge in [-0.1, -0.05) is 12.1 Å². The number of alkyl halides is 3. The van der Waals surface area contributed by atoms with Gasteiger partial charge in [0.2, 0.25) is 5.76 Å². The zero-order valence-corrected chi connectivity index (χ0v) is 17.3. The van der Waals surface area contributed by atoms with Crippen LogP contribution >= 0.6 is 0 Å². The highest BCUT2D eigenvalue weighted by Crippen LogP contribution is 2.33. The van der Waals surface area contributed by atoms with E-state index in [2.05, 4.69) is 0 Å². The maximum absolute atomic E-state index is 13.4. The Morgan fingerprint density at radius 1 is 1.00 bits per heavy atom. The molecule has 0 radical (unpaired) electrons. The van der Waals surface area contributed by atoms with E-state index in [1.165, 1.54) is 30.3 Å². The Labute approximate surface area is 175 Å². The van der Waals surface area contributed by atoms with Crippen LogP contribution in [-0.4, -0.2) is 32.9 Å². The second-order valence-electron chi connectivity index (χ2n) is 6.55. The topological polar surface area (TPSA) is 69.7 Å². The number of sulfone groups is 1. The smallest absolute Gasteiger partial charge is 0.386 e. The number of carbonyl (C=O) groups is 1. The van der Waals surface area contributed by atoms with Gasteiger partial charge in [-0.25, -0.2) is 22.0 Å². The number of halogens is 5. The van der Waals surface area contributed by atoms with E-state index in [0.717, 1.165) is 18.4 Å². The Morgan fingerprint density at radius 2 is 1.55 bits per heavy atom. The lowest BCUT2D eigenvalue weighted by Crippen LogP contribution is -2.07. The molecule has 2 aromatic carbocycles. The predicted octanol–water partition coefficient (Wildman–Crippen LogP) is 4.67. The minimum atomic E-state index is -4.00. The number of hydrogen-bond donors (Lipinski definition) is 0. The molecule has 2 aromatic rings. The molecule has 0 bridgehead atoms. The molecule has 1 aliphatic rings. The minimum absolute atomic E-state index is 0.0600. The van der Waals surface area contributed by atoms with E-state index in [4.69, 9.17) is 9.47 Å². The Kier molecular flexibility index (Phi) is 7.10. The highest BCUT2D eigenvalue weighted by Gasteiger charge is 2.34. The van der Waals surface area contributed by atoms with E-state index in [1.54, 1.807) is 6.92 Å². The second-order valence-corrected chi connectivity index (χ2v) is 8.56. The Morgan fingerprint density at radius 3 is 2.03 bits per heavy atom. The van der Waals surface area contributed by atoms with E-state index in [-0.39, 0.29) is 23.3 Å². The van der Waals surface area contributed by atoms with Gasteiger partial charge in [-0.15, -0.1) is 0 Å². The van der Waals surface area contributed by atoms with Crippen LogP contribution in [0.25, 0.3) is 5.57 Å². The van der Waals surface area contributed by atoms with Crippen molar-refractivity contribution in [1.82, 2.24) is 0 Å². The Bertz CT molecular complexity index is 1100. The summed E-state index contributed by atoms with van der Waals surface area (Å²) in [6, 6.07) is 8.76. The zero-order valence-electron chi connectivity index (χ0n) is 16.5. The van der Waals surface area contributed by atoms with Crippen molar-refractivity contribution in [2.45, 2.75) is 31.0 Å². The Balaban J connectivity index is 0.000000614. The van der Waals surface area contributed by atoms with Gasteiger partial charge in [0.05, 0.1) is 4.90 Å². The molecule has 3 rings (SSSR count). The summed E-state index contributed by atoms with van der Waals surface area (Å²) in [5.41, 5.74) is 0.910. The number of benzene rings is 2. The molecule has 11 heteroatoms. The van der Waals surface area contributed by atoms with Crippen molar-refractivity contribution in [3.8, 4) is 5.75 Å². The van der Waals surface area contributed by atoms with E-state index >= 15 is 0 Å². The fourth-order valence-electron chi connectivity index (χ4n) is 2.57. The molecule has 0 aromatic heterocycles. The largest absolute Gasteiger partial charge is 0.452 e. The van der Waals surface area contributed by atoms with Crippen molar-refractivity contribution < 1.29 is 44.6 Å². The molecule has 0 fully saturated rings. The van der Waals surface area contributed by atoms with Gasteiger partial charge >= 0.3 is 12.1 Å². The van der Waals surface area contributed by atoms with Crippen molar-refractivity contribution in [2.24, 2.45) is 0 Å². The first kappa shape index (κ1) is 24.3. The minimum Gasteiger partial charge on any atom is -0.452 e. The van der Waals surface area contributed by atoms with Gasteiger partial charge in [-0.05, 0) is 36.8 Å². The third-order valence-electron chi connectivity index (χ3n) is 3.82. The molecule has 0 aliphatic carbocycles. The van der Waals surface area contributed by atoms with E-state index in [9.17, 15) is 35.2 Å². The summed E-state index contributed by atoms with van der Waals surface area (Å²) >= 11 is 0. The van der Waals surface area contributed by atoms with Crippen LogP contribution in [0.2, 0.25) is 0 Å². The van der Waals surface area contributed by atoms with Crippen LogP contribution in [0.3, 0.4) is 0 Å². The summed E-state index contributed by atoms with van der Waals surface area (Å²) in [6.07, 6.45) is -3.56. The third-order valence-corrected chi connectivity index (χ3v) is 4.95. The average Bonchev–Trinajstić information content (AvgIpc) is 2.89. The SMILES string of the molecule is CC(F)(F)F.CC1OC(=O)C(Oc2ccc(F)c(F)c2)=C1c1ccc(S(C)(=O)=O)cc1. The van der Waals surface area contributed by atoms with Gasteiger partial charge in [0.1, 0.15) is 11.9 Å². The van der Waals surface area contributed by atoms with E-state index in [0.29, 0.717) is 11.1 Å². The highest BCUT2D eigenvalue weighted by molar-refractivity contribution is 7.90. The average molecular weight is 464 g/mol. The fourth-order valence-corrected chi connectivity index (χ4v) is 3.20. The van der Waals surface area contributed by atoms with Crippen molar-refractivity contribution >= 4 is 21.4 Å². The summed E-state index contributed by atoms with van der Waals surface area (Å²) in [6.45, 7) is 1.81. The lowest BCUT2D eigenvalue weighted by atomic mass is 10.0. The molecule has 0 spiro atoms. The van der Waals surface area contributed by atoms with Crippen molar-refractivity contribution in [1.29, 1.82) is 0 Å². The fraction of sp³-hybridized carbons (Fsp3) is 0.250. The molecule has 0 saturated carbocycles. The lowest BCUT2D eigenvalue weighted by molar-refractivity contribution is -0.140. The summed E-state index contributed by atoms with van der Waals surface area (Å²) in [5.74, 6) is -3.11. The number of carbonyl (C=O) groups excluding carboxylic acids is 1. The van der Waals surface area contributed by atoms with Crippen molar-refractivity contribution in [3.05, 3.63) is 65.4 Å². The van der Waals surface area contributed by atoms with E-state index < -0.39 is 39.7 Å². The molecule has 0 amide bonds. The standard InChI is InChI=1S/C18H14F2O5S.C2H3F3/c1-10-16(11-3-6-13(7-4-11)26(2,22)23)17(18(21)24-10)25-12-5-8-14(19)15(20)9-12;1-2(3,4)5/h3-10H,1-2H3;1H3. The van der Waals surface area contributed by atoms with Crippen LogP contribution in [0, 0.1) is 11.6 Å². The molecule has 168 valence electrons. The van der Waals surface area contributed by atoms with Gasteiger partial charge in [0, 0.05) is 24.8 Å². The molecular weight excluding hydrogens is 447 g/mol. The van der Waals surface area contributed by atoms with Gasteiger partial charge in [-0.3, -0.25) is 0 Å². The second kappa shape index (κ2) is 9.04. The van der Waals surface area contributed by atoms with Crippen molar-refractivity contribution in [2.75, 3.05) is 6.26 Å². The number of ether oxygens (including phenoxy) is 2. The van der Waals surface area contributed by atoms with Crippen LogP contribution in [0.5, 0.6) is 5.75 Å². The van der Waals surface area contributed by atoms with Gasteiger partial charge < -0.3 is 9.47 Å². The molecule has 0 N–H and O–H groups in total. The van der Waals surface area contributed by atoms with Crippen LogP contribution in [0.1, 0.15) is 19.4 Å².